The van der Waals surface area contributed by atoms with Gasteiger partial charge in [-0.2, -0.15) is 5.26 Å². The SMILES string of the molecule is CN(C)C1CCN(c2ccc(C#N)c(Br)c2)CC1. The van der Waals surface area contributed by atoms with E-state index in [0.29, 0.717) is 11.6 Å². The van der Waals surface area contributed by atoms with Gasteiger partial charge in [0.05, 0.1) is 5.56 Å². The molecule has 1 heterocycles. The van der Waals surface area contributed by atoms with Crippen molar-refractivity contribution in [2.75, 3.05) is 32.1 Å². The first-order chi connectivity index (χ1) is 8.61. The monoisotopic (exact) mass is 307 g/mol. The van der Waals surface area contributed by atoms with Crippen molar-refractivity contribution in [2.24, 2.45) is 0 Å². The normalized spacial score (nSPS) is 16.9. The van der Waals surface area contributed by atoms with Gasteiger partial charge in [-0.25, -0.2) is 0 Å². The lowest BCUT2D eigenvalue weighted by atomic mass is 10.0. The van der Waals surface area contributed by atoms with E-state index < -0.39 is 0 Å². The minimum absolute atomic E-state index is 0.696. The summed E-state index contributed by atoms with van der Waals surface area (Å²) < 4.78 is 0.886. The third-order valence-corrected chi connectivity index (χ3v) is 4.29. The highest BCUT2D eigenvalue weighted by molar-refractivity contribution is 9.10. The Morgan fingerprint density at radius 3 is 2.50 bits per heavy atom. The van der Waals surface area contributed by atoms with Crippen LogP contribution in [0, 0.1) is 11.3 Å². The van der Waals surface area contributed by atoms with Gasteiger partial charge in [-0.1, -0.05) is 0 Å². The molecule has 1 fully saturated rings. The predicted octanol–water partition coefficient (Wildman–Crippen LogP) is 2.85. The average molecular weight is 308 g/mol. The summed E-state index contributed by atoms with van der Waals surface area (Å²) in [7, 11) is 4.30. The second-order valence-corrected chi connectivity index (χ2v) is 5.81. The van der Waals surface area contributed by atoms with Crippen LogP contribution in [0.5, 0.6) is 0 Å². The largest absolute Gasteiger partial charge is 0.371 e. The van der Waals surface area contributed by atoms with E-state index in [1.165, 1.54) is 18.5 Å². The molecule has 1 aliphatic heterocycles. The van der Waals surface area contributed by atoms with Crippen LogP contribution in [0.1, 0.15) is 18.4 Å². The summed E-state index contributed by atoms with van der Waals surface area (Å²) in [6.45, 7) is 2.17. The molecule has 1 aromatic carbocycles. The van der Waals surface area contributed by atoms with Gasteiger partial charge in [-0.15, -0.1) is 0 Å². The minimum atomic E-state index is 0.696. The van der Waals surface area contributed by atoms with Gasteiger partial charge in [0.25, 0.3) is 0 Å². The van der Waals surface area contributed by atoms with Gasteiger partial charge in [0.15, 0.2) is 0 Å². The molecule has 0 atom stereocenters. The molecule has 18 heavy (non-hydrogen) atoms. The zero-order valence-electron chi connectivity index (χ0n) is 10.9. The summed E-state index contributed by atoms with van der Waals surface area (Å²) in [4.78, 5) is 4.71. The molecule has 0 saturated carbocycles. The highest BCUT2D eigenvalue weighted by atomic mass is 79.9. The van der Waals surface area contributed by atoms with Crippen LogP contribution in [0.4, 0.5) is 5.69 Å². The third-order valence-electron chi connectivity index (χ3n) is 3.63. The first-order valence-electron chi connectivity index (χ1n) is 6.23. The number of halogens is 1. The van der Waals surface area contributed by atoms with Gasteiger partial charge in [0.2, 0.25) is 0 Å². The zero-order chi connectivity index (χ0) is 13.1. The lowest BCUT2D eigenvalue weighted by Gasteiger charge is -2.36. The number of rotatable bonds is 2. The molecule has 0 spiro atoms. The Bertz CT molecular complexity index is 457. The Hall–Kier alpha value is -1.05. The summed E-state index contributed by atoms with van der Waals surface area (Å²) in [5, 5.41) is 8.92. The molecule has 0 aliphatic carbocycles. The topological polar surface area (TPSA) is 30.3 Å². The summed E-state index contributed by atoms with van der Waals surface area (Å²) >= 11 is 3.45. The molecule has 4 heteroatoms. The van der Waals surface area contributed by atoms with Gasteiger partial charge in [-0.05, 0) is 61.1 Å². The number of anilines is 1. The Labute approximate surface area is 117 Å². The average Bonchev–Trinajstić information content (AvgIpc) is 2.38. The maximum absolute atomic E-state index is 8.92. The van der Waals surface area contributed by atoms with E-state index >= 15 is 0 Å². The van der Waals surface area contributed by atoms with Gasteiger partial charge >= 0.3 is 0 Å². The summed E-state index contributed by atoms with van der Waals surface area (Å²) in [5.74, 6) is 0. The molecule has 96 valence electrons. The number of hydrogen-bond donors (Lipinski definition) is 0. The Balaban J connectivity index is 2.06. The number of piperidine rings is 1. The van der Waals surface area contributed by atoms with E-state index in [2.05, 4.69) is 52.0 Å². The van der Waals surface area contributed by atoms with Crippen molar-refractivity contribution in [1.29, 1.82) is 5.26 Å². The van der Waals surface area contributed by atoms with E-state index in [9.17, 15) is 0 Å². The maximum Gasteiger partial charge on any atom is 0.100 e. The van der Waals surface area contributed by atoms with Gasteiger partial charge < -0.3 is 9.80 Å². The Kier molecular flexibility index (Phi) is 4.26. The molecule has 2 rings (SSSR count). The molecule has 0 unspecified atom stereocenters. The van der Waals surface area contributed by atoms with E-state index in [-0.39, 0.29) is 0 Å². The fourth-order valence-electron chi connectivity index (χ4n) is 2.43. The Morgan fingerprint density at radius 2 is 2.00 bits per heavy atom. The molecule has 0 N–H and O–H groups in total. The number of nitrogens with zero attached hydrogens (tertiary/aromatic N) is 3. The first kappa shape index (κ1) is 13.4. The zero-order valence-corrected chi connectivity index (χ0v) is 12.4. The van der Waals surface area contributed by atoms with E-state index in [0.717, 1.165) is 17.6 Å². The molecule has 0 radical (unpaired) electrons. The van der Waals surface area contributed by atoms with Gasteiger partial charge in [0, 0.05) is 29.3 Å². The Morgan fingerprint density at radius 1 is 1.33 bits per heavy atom. The van der Waals surface area contributed by atoms with E-state index in [1.807, 2.05) is 12.1 Å². The highest BCUT2D eigenvalue weighted by Gasteiger charge is 2.20. The van der Waals surface area contributed by atoms with Crippen molar-refractivity contribution < 1.29 is 0 Å². The molecule has 0 amide bonds. The molecule has 1 aliphatic rings. The van der Waals surface area contributed by atoms with Crippen molar-refractivity contribution in [3.8, 4) is 6.07 Å². The highest BCUT2D eigenvalue weighted by Crippen LogP contribution is 2.26. The van der Waals surface area contributed by atoms with Crippen LogP contribution in [0.2, 0.25) is 0 Å². The molecular formula is C14H18BrN3. The summed E-state index contributed by atoms with van der Waals surface area (Å²) in [6.07, 6.45) is 2.40. The van der Waals surface area contributed by atoms with Crippen molar-refractivity contribution >= 4 is 21.6 Å². The molecule has 0 bridgehead atoms. The van der Waals surface area contributed by atoms with E-state index in [1.54, 1.807) is 0 Å². The molecule has 1 saturated heterocycles. The number of benzene rings is 1. The predicted molar refractivity (Wildman–Crippen MR) is 77.8 cm³/mol. The fraction of sp³-hybridized carbons (Fsp3) is 0.500. The van der Waals surface area contributed by atoms with Crippen molar-refractivity contribution in [1.82, 2.24) is 4.90 Å². The smallest absolute Gasteiger partial charge is 0.100 e. The fourth-order valence-corrected chi connectivity index (χ4v) is 2.89. The molecular weight excluding hydrogens is 290 g/mol. The van der Waals surface area contributed by atoms with E-state index in [4.69, 9.17) is 5.26 Å². The van der Waals surface area contributed by atoms with Crippen molar-refractivity contribution in [3.05, 3.63) is 28.2 Å². The van der Waals surface area contributed by atoms with Crippen LogP contribution >= 0.6 is 15.9 Å². The first-order valence-corrected chi connectivity index (χ1v) is 7.02. The third kappa shape index (κ3) is 2.85. The van der Waals surface area contributed by atoms with Crippen LogP contribution in [-0.2, 0) is 0 Å². The molecule has 0 aromatic heterocycles. The van der Waals surface area contributed by atoms with Crippen LogP contribution in [0.15, 0.2) is 22.7 Å². The second kappa shape index (κ2) is 5.73. The van der Waals surface area contributed by atoms with Gasteiger partial charge in [-0.3, -0.25) is 0 Å². The second-order valence-electron chi connectivity index (χ2n) is 4.96. The summed E-state index contributed by atoms with van der Waals surface area (Å²) in [6, 6.07) is 8.85. The quantitative estimate of drug-likeness (QED) is 0.841. The van der Waals surface area contributed by atoms with Crippen LogP contribution in [-0.4, -0.2) is 38.1 Å². The van der Waals surface area contributed by atoms with Crippen molar-refractivity contribution in [2.45, 2.75) is 18.9 Å². The van der Waals surface area contributed by atoms with Crippen LogP contribution < -0.4 is 4.90 Å². The van der Waals surface area contributed by atoms with Crippen LogP contribution in [0.25, 0.3) is 0 Å². The van der Waals surface area contributed by atoms with Crippen LogP contribution in [0.3, 0.4) is 0 Å². The minimum Gasteiger partial charge on any atom is -0.371 e. The molecule has 3 nitrogen and oxygen atoms in total. The lowest BCUT2D eigenvalue weighted by Crippen LogP contribution is -2.41. The number of nitriles is 1. The summed E-state index contributed by atoms with van der Waals surface area (Å²) in [5.41, 5.74) is 1.90. The lowest BCUT2D eigenvalue weighted by molar-refractivity contribution is 0.249. The molecule has 1 aromatic rings. The number of hydrogen-bond acceptors (Lipinski definition) is 3. The standard InChI is InChI=1S/C14H18BrN3/c1-17(2)12-5-7-18(8-6-12)13-4-3-11(10-16)14(15)9-13/h3-4,9,12H,5-8H2,1-2H3. The van der Waals surface area contributed by atoms with Crippen molar-refractivity contribution in [3.63, 3.8) is 0 Å². The maximum atomic E-state index is 8.92. The van der Waals surface area contributed by atoms with Gasteiger partial charge in [0.1, 0.15) is 6.07 Å².